The maximum absolute atomic E-state index is 14.2. The minimum Gasteiger partial charge on any atom is -0.508 e. The van der Waals surface area contributed by atoms with Crippen LogP contribution in [0.2, 0.25) is 0 Å². The summed E-state index contributed by atoms with van der Waals surface area (Å²) in [6.45, 7) is 7.44. The second-order valence-corrected chi connectivity index (χ2v) is 12.9. The number of carbonyl (C=O) groups excluding carboxylic acids is 5. The zero-order valence-electron chi connectivity index (χ0n) is 27.0. The number of amides is 5. The van der Waals surface area contributed by atoms with Gasteiger partial charge in [-0.2, -0.15) is 0 Å². The van der Waals surface area contributed by atoms with E-state index in [0.717, 1.165) is 0 Å². The highest BCUT2D eigenvalue weighted by molar-refractivity contribution is 5.98. The van der Waals surface area contributed by atoms with Crippen LogP contribution in [0, 0.1) is 11.8 Å². The lowest BCUT2D eigenvalue weighted by molar-refractivity contribution is -0.144. The molecular formula is C34H45N5O7. The molecule has 0 aromatic heterocycles. The quantitative estimate of drug-likeness (QED) is 0.320. The number of nitrogens with zero attached hydrogens (tertiary/aromatic N) is 2. The van der Waals surface area contributed by atoms with E-state index < -0.39 is 59.7 Å². The molecule has 2 heterocycles. The highest BCUT2D eigenvalue weighted by Crippen LogP contribution is 2.23. The topological polar surface area (TPSA) is 168 Å². The summed E-state index contributed by atoms with van der Waals surface area (Å²) in [6, 6.07) is 7.55. The minimum absolute atomic E-state index is 0.0462. The Bertz CT molecular complexity index is 1430. The second kappa shape index (κ2) is 14.7. The van der Waals surface area contributed by atoms with E-state index in [1.807, 2.05) is 0 Å². The number of hydrogen-bond acceptors (Lipinski definition) is 7. The van der Waals surface area contributed by atoms with Gasteiger partial charge in [-0.05, 0) is 60.1 Å². The SMILES string of the molecule is CC(C)C1NC(=O)[C@@H]2CCCN2C(=O)[C@H](Cc2ccc(O)cc2)NC(=O)[C@H](Cc2ccc(O)cc2)N(C)C(=O)[C@H](C(C)C)NC1=O. The van der Waals surface area contributed by atoms with Gasteiger partial charge in [-0.1, -0.05) is 52.0 Å². The number of rotatable bonds is 6. The fourth-order valence-electron chi connectivity index (χ4n) is 6.01. The summed E-state index contributed by atoms with van der Waals surface area (Å²) in [7, 11) is 1.49. The molecule has 0 saturated carbocycles. The van der Waals surface area contributed by atoms with Crippen LogP contribution < -0.4 is 16.0 Å². The molecule has 0 spiro atoms. The summed E-state index contributed by atoms with van der Waals surface area (Å²) in [4.78, 5) is 72.4. The maximum atomic E-state index is 14.2. The van der Waals surface area contributed by atoms with Gasteiger partial charge in [0.05, 0.1) is 0 Å². The van der Waals surface area contributed by atoms with Crippen molar-refractivity contribution in [1.82, 2.24) is 25.8 Å². The normalized spacial score (nSPS) is 25.1. The van der Waals surface area contributed by atoms with E-state index in [1.165, 1.54) is 41.1 Å². The molecule has 2 aliphatic rings. The van der Waals surface area contributed by atoms with Gasteiger partial charge < -0.3 is 36.0 Å². The van der Waals surface area contributed by atoms with Crippen LogP contribution in [0.25, 0.3) is 0 Å². The third-order valence-electron chi connectivity index (χ3n) is 8.79. The van der Waals surface area contributed by atoms with Crippen molar-refractivity contribution >= 4 is 29.5 Å². The van der Waals surface area contributed by atoms with E-state index in [2.05, 4.69) is 16.0 Å². The molecule has 0 aliphatic carbocycles. The summed E-state index contributed by atoms with van der Waals surface area (Å²) < 4.78 is 0. The van der Waals surface area contributed by atoms with Gasteiger partial charge in [-0.25, -0.2) is 0 Å². The summed E-state index contributed by atoms with van der Waals surface area (Å²) in [5, 5.41) is 28.2. The van der Waals surface area contributed by atoms with Crippen LogP contribution in [0.5, 0.6) is 11.5 Å². The van der Waals surface area contributed by atoms with Crippen LogP contribution in [-0.2, 0) is 36.8 Å². The number of carbonyl (C=O) groups is 5. The largest absolute Gasteiger partial charge is 0.508 e. The number of phenolic OH excluding ortho intramolecular Hbond substituents is 2. The first-order chi connectivity index (χ1) is 21.8. The zero-order chi connectivity index (χ0) is 33.7. The highest BCUT2D eigenvalue weighted by Gasteiger charge is 2.42. The first kappa shape index (κ1) is 34.3. The molecular weight excluding hydrogens is 590 g/mol. The fourth-order valence-corrected chi connectivity index (χ4v) is 6.01. The third kappa shape index (κ3) is 7.96. The molecule has 2 aromatic rings. The van der Waals surface area contributed by atoms with Crippen molar-refractivity contribution in [3.63, 3.8) is 0 Å². The molecule has 12 heteroatoms. The van der Waals surface area contributed by atoms with Crippen LogP contribution in [0.1, 0.15) is 51.7 Å². The van der Waals surface area contributed by atoms with Crippen LogP contribution in [0.15, 0.2) is 48.5 Å². The number of aromatic hydroxyl groups is 2. The van der Waals surface area contributed by atoms with Crippen molar-refractivity contribution in [3.05, 3.63) is 59.7 Å². The molecule has 248 valence electrons. The second-order valence-electron chi connectivity index (χ2n) is 12.9. The van der Waals surface area contributed by atoms with Crippen LogP contribution in [0.3, 0.4) is 0 Å². The third-order valence-corrected chi connectivity index (χ3v) is 8.79. The Morgan fingerprint density at radius 3 is 1.76 bits per heavy atom. The fraction of sp³-hybridized carbons (Fsp3) is 0.500. The number of hydrogen-bond donors (Lipinski definition) is 5. The first-order valence-corrected chi connectivity index (χ1v) is 15.8. The van der Waals surface area contributed by atoms with Crippen molar-refractivity contribution in [1.29, 1.82) is 0 Å². The molecule has 4 rings (SSSR count). The van der Waals surface area contributed by atoms with E-state index >= 15 is 0 Å². The molecule has 2 fully saturated rings. The van der Waals surface area contributed by atoms with E-state index in [-0.39, 0.29) is 36.2 Å². The van der Waals surface area contributed by atoms with Crippen molar-refractivity contribution in [2.45, 2.75) is 83.6 Å². The van der Waals surface area contributed by atoms with E-state index in [4.69, 9.17) is 0 Å². The molecule has 1 unspecified atom stereocenters. The van der Waals surface area contributed by atoms with Crippen molar-refractivity contribution in [3.8, 4) is 11.5 Å². The van der Waals surface area contributed by atoms with Gasteiger partial charge in [0.2, 0.25) is 29.5 Å². The summed E-state index contributed by atoms with van der Waals surface area (Å²) in [5.74, 6) is -3.14. The minimum atomic E-state index is -1.09. The summed E-state index contributed by atoms with van der Waals surface area (Å²) in [6.07, 6.45) is 1.10. The Morgan fingerprint density at radius 2 is 1.22 bits per heavy atom. The number of nitrogens with one attached hydrogen (secondary N) is 3. The van der Waals surface area contributed by atoms with Gasteiger partial charge in [-0.15, -0.1) is 0 Å². The summed E-state index contributed by atoms with van der Waals surface area (Å²) in [5.41, 5.74) is 1.33. The van der Waals surface area contributed by atoms with Crippen molar-refractivity contribution in [2.75, 3.05) is 13.6 Å². The van der Waals surface area contributed by atoms with Crippen LogP contribution >= 0.6 is 0 Å². The molecule has 12 nitrogen and oxygen atoms in total. The molecule has 2 aromatic carbocycles. The lowest BCUT2D eigenvalue weighted by Crippen LogP contribution is -2.60. The summed E-state index contributed by atoms with van der Waals surface area (Å²) >= 11 is 0. The standard InChI is InChI=1S/C34H45N5O7/c1-19(2)28-32(44)37-29(20(3)4)34(46)38(5)27(18-22-10-14-24(41)15-11-22)31(43)35-25(17-21-8-12-23(40)13-9-21)33(45)39-16-6-7-26(39)30(42)36-28/h8-15,19-20,25-29,40-41H,6-7,16-18H2,1-5H3,(H,35,43)(H,36,42)(H,37,44)/t25-,26-,27-,28?,29-/m0/s1. The maximum Gasteiger partial charge on any atom is 0.246 e. The smallest absolute Gasteiger partial charge is 0.246 e. The predicted molar refractivity (Wildman–Crippen MR) is 170 cm³/mol. The van der Waals surface area contributed by atoms with E-state index in [0.29, 0.717) is 30.5 Å². The van der Waals surface area contributed by atoms with Gasteiger partial charge in [0.1, 0.15) is 41.7 Å². The Morgan fingerprint density at radius 1 is 0.696 bits per heavy atom. The molecule has 46 heavy (non-hydrogen) atoms. The highest BCUT2D eigenvalue weighted by atomic mass is 16.3. The lowest BCUT2D eigenvalue weighted by atomic mass is 9.97. The van der Waals surface area contributed by atoms with Gasteiger partial charge in [0.15, 0.2) is 0 Å². The number of likely N-dealkylation sites (N-methyl/N-ethyl adjacent to an activating group) is 1. The van der Waals surface area contributed by atoms with Crippen LogP contribution in [0.4, 0.5) is 0 Å². The molecule has 2 saturated heterocycles. The van der Waals surface area contributed by atoms with E-state index in [9.17, 15) is 34.2 Å². The Labute approximate surface area is 269 Å². The van der Waals surface area contributed by atoms with Crippen molar-refractivity contribution < 1.29 is 34.2 Å². The average Bonchev–Trinajstić information content (AvgIpc) is 3.51. The molecule has 5 atom stereocenters. The van der Waals surface area contributed by atoms with Gasteiger partial charge in [-0.3, -0.25) is 24.0 Å². The Hall–Kier alpha value is -4.61. The molecule has 0 radical (unpaired) electrons. The molecule has 5 amide bonds. The van der Waals surface area contributed by atoms with Gasteiger partial charge in [0.25, 0.3) is 0 Å². The molecule has 2 aliphatic heterocycles. The Kier molecular flexibility index (Phi) is 10.9. The van der Waals surface area contributed by atoms with Gasteiger partial charge in [0, 0.05) is 26.4 Å². The molecule has 5 N–H and O–H groups in total. The molecule has 0 bridgehead atoms. The van der Waals surface area contributed by atoms with Crippen LogP contribution in [-0.4, -0.2) is 93.4 Å². The van der Waals surface area contributed by atoms with Crippen molar-refractivity contribution in [2.24, 2.45) is 11.8 Å². The predicted octanol–water partition coefficient (Wildman–Crippen LogP) is 1.48. The first-order valence-electron chi connectivity index (χ1n) is 15.8. The average molecular weight is 636 g/mol. The Balaban J connectivity index is 1.80. The number of benzene rings is 2. The van der Waals surface area contributed by atoms with Gasteiger partial charge >= 0.3 is 0 Å². The zero-order valence-corrected chi connectivity index (χ0v) is 27.0. The number of phenols is 2. The lowest BCUT2D eigenvalue weighted by Gasteiger charge is -2.34. The monoisotopic (exact) mass is 635 g/mol. The number of fused-ring (bicyclic) bond motifs is 1. The van der Waals surface area contributed by atoms with E-state index in [1.54, 1.807) is 52.0 Å².